The second-order valence-corrected chi connectivity index (χ2v) is 8.56. The first-order chi connectivity index (χ1) is 13.4. The van der Waals surface area contributed by atoms with Crippen LogP contribution in [0.5, 0.6) is 0 Å². The maximum Gasteiger partial charge on any atom is 0.248 e. The van der Waals surface area contributed by atoms with Crippen LogP contribution in [0.3, 0.4) is 0 Å². The minimum atomic E-state index is -3.53. The number of hydrogen-bond acceptors (Lipinski definition) is 3. The Morgan fingerprint density at radius 3 is 2.32 bits per heavy atom. The third kappa shape index (κ3) is 7.46. The zero-order valence-electron chi connectivity index (χ0n) is 15.8. The highest BCUT2D eigenvalue weighted by Gasteiger charge is 2.13. The summed E-state index contributed by atoms with van der Waals surface area (Å²) in [4.78, 5) is 12.2. The Labute approximate surface area is 171 Å². The molecule has 0 saturated heterocycles. The van der Waals surface area contributed by atoms with Crippen molar-refractivity contribution in [1.82, 2.24) is 4.72 Å². The van der Waals surface area contributed by atoms with Gasteiger partial charge in [0.1, 0.15) is 0 Å². The molecule has 0 aromatic heterocycles. The zero-order chi connectivity index (χ0) is 20.4. The number of anilines is 1. The van der Waals surface area contributed by atoms with Crippen LogP contribution in [-0.2, 0) is 14.8 Å². The molecule has 2 aromatic rings. The summed E-state index contributed by atoms with van der Waals surface area (Å²) in [5.41, 5.74) is 1.37. The molecule has 0 heterocycles. The maximum atomic E-state index is 12.3. The number of hydrogen-bond donors (Lipinski definition) is 2. The van der Waals surface area contributed by atoms with Gasteiger partial charge in [-0.05, 0) is 54.5 Å². The minimum Gasteiger partial charge on any atom is -0.323 e. The van der Waals surface area contributed by atoms with Crippen LogP contribution in [0.2, 0.25) is 5.02 Å². The van der Waals surface area contributed by atoms with Crippen molar-refractivity contribution in [3.05, 3.63) is 65.2 Å². The zero-order valence-corrected chi connectivity index (χ0v) is 17.4. The van der Waals surface area contributed by atoms with Crippen molar-refractivity contribution in [2.75, 3.05) is 11.9 Å². The first-order valence-corrected chi connectivity index (χ1v) is 11.1. The number of nitrogens with one attached hydrogen (secondary N) is 2. The van der Waals surface area contributed by atoms with Crippen LogP contribution in [0.1, 0.15) is 38.2 Å². The largest absolute Gasteiger partial charge is 0.323 e. The maximum absolute atomic E-state index is 12.3. The van der Waals surface area contributed by atoms with E-state index in [-0.39, 0.29) is 10.8 Å². The fourth-order valence-corrected chi connectivity index (χ4v) is 3.69. The van der Waals surface area contributed by atoms with E-state index in [1.165, 1.54) is 18.2 Å². The van der Waals surface area contributed by atoms with Gasteiger partial charge in [-0.2, -0.15) is 0 Å². The van der Waals surface area contributed by atoms with Crippen LogP contribution in [0.25, 0.3) is 6.08 Å². The lowest BCUT2D eigenvalue weighted by Gasteiger charge is -2.08. The molecule has 0 fully saturated rings. The van der Waals surface area contributed by atoms with E-state index < -0.39 is 10.0 Å². The molecule has 0 spiro atoms. The molecule has 0 radical (unpaired) electrons. The van der Waals surface area contributed by atoms with E-state index in [1.807, 2.05) is 0 Å². The van der Waals surface area contributed by atoms with E-state index in [9.17, 15) is 13.2 Å². The number of rotatable bonds is 10. The molecule has 0 aliphatic heterocycles. The molecule has 28 heavy (non-hydrogen) atoms. The monoisotopic (exact) mass is 420 g/mol. The molecule has 0 bridgehead atoms. The molecule has 0 aliphatic carbocycles. The van der Waals surface area contributed by atoms with E-state index in [2.05, 4.69) is 17.0 Å². The third-order valence-electron chi connectivity index (χ3n) is 4.05. The summed E-state index contributed by atoms with van der Waals surface area (Å²) in [6, 6.07) is 13.2. The van der Waals surface area contributed by atoms with Crippen LogP contribution in [0.15, 0.2) is 59.5 Å². The summed E-state index contributed by atoms with van der Waals surface area (Å²) >= 11 is 5.82. The normalized spacial score (nSPS) is 11.6. The lowest BCUT2D eigenvalue weighted by molar-refractivity contribution is -0.111. The number of halogens is 1. The minimum absolute atomic E-state index is 0.178. The molecule has 0 aliphatic rings. The Morgan fingerprint density at radius 2 is 1.68 bits per heavy atom. The number of carbonyl (C=O) groups excluding carboxylic acids is 1. The van der Waals surface area contributed by atoms with Crippen molar-refractivity contribution >= 4 is 39.3 Å². The summed E-state index contributed by atoms with van der Waals surface area (Å²) in [7, 11) is -3.53. The number of unbranched alkanes of at least 4 members (excludes halogenated alkanes) is 3. The second kappa shape index (κ2) is 11.0. The summed E-state index contributed by atoms with van der Waals surface area (Å²) in [6.07, 6.45) is 7.12. The molecule has 2 aromatic carbocycles. The number of benzene rings is 2. The lowest BCUT2D eigenvalue weighted by Crippen LogP contribution is -2.24. The van der Waals surface area contributed by atoms with Gasteiger partial charge in [0.15, 0.2) is 0 Å². The molecule has 0 saturated carbocycles. The van der Waals surface area contributed by atoms with Crippen molar-refractivity contribution in [2.45, 2.75) is 37.5 Å². The van der Waals surface area contributed by atoms with Crippen molar-refractivity contribution < 1.29 is 13.2 Å². The summed E-state index contributed by atoms with van der Waals surface area (Å²) in [5, 5.41) is 3.33. The first kappa shape index (κ1) is 22.1. The van der Waals surface area contributed by atoms with Crippen LogP contribution in [-0.4, -0.2) is 20.9 Å². The summed E-state index contributed by atoms with van der Waals surface area (Å²) in [5.74, 6) is -0.306. The van der Waals surface area contributed by atoms with Gasteiger partial charge in [0.25, 0.3) is 0 Å². The lowest BCUT2D eigenvalue weighted by atomic mass is 10.2. The van der Waals surface area contributed by atoms with Gasteiger partial charge in [0.2, 0.25) is 15.9 Å². The van der Waals surface area contributed by atoms with Crippen molar-refractivity contribution in [3.8, 4) is 0 Å². The SMILES string of the molecule is CCCCCCNS(=O)(=O)c1ccc(NC(=O)C=Cc2ccc(Cl)cc2)cc1. The predicted octanol–water partition coefficient (Wildman–Crippen LogP) is 4.85. The topological polar surface area (TPSA) is 75.3 Å². The van der Waals surface area contributed by atoms with E-state index in [0.29, 0.717) is 17.3 Å². The van der Waals surface area contributed by atoms with Gasteiger partial charge >= 0.3 is 0 Å². The molecule has 1 amide bonds. The second-order valence-electron chi connectivity index (χ2n) is 6.36. The Bertz CT molecular complexity index is 892. The number of amides is 1. The average Bonchev–Trinajstić information content (AvgIpc) is 2.68. The Morgan fingerprint density at radius 1 is 1.00 bits per heavy atom. The third-order valence-corrected chi connectivity index (χ3v) is 5.78. The fourth-order valence-electron chi connectivity index (χ4n) is 2.49. The molecular formula is C21H25ClN2O3S. The van der Waals surface area contributed by atoms with Crippen molar-refractivity contribution in [3.63, 3.8) is 0 Å². The molecule has 0 unspecified atom stereocenters. The predicted molar refractivity (Wildman–Crippen MR) is 115 cm³/mol. The van der Waals surface area contributed by atoms with Gasteiger partial charge in [-0.15, -0.1) is 0 Å². The smallest absolute Gasteiger partial charge is 0.248 e. The quantitative estimate of drug-likeness (QED) is 0.426. The highest BCUT2D eigenvalue weighted by Crippen LogP contribution is 2.15. The Hall–Kier alpha value is -2.15. The molecule has 150 valence electrons. The van der Waals surface area contributed by atoms with E-state index in [4.69, 9.17) is 11.6 Å². The van der Waals surface area contributed by atoms with Crippen molar-refractivity contribution in [2.24, 2.45) is 0 Å². The molecule has 2 N–H and O–H groups in total. The van der Waals surface area contributed by atoms with Gasteiger partial charge in [0.05, 0.1) is 4.90 Å². The van der Waals surface area contributed by atoms with Crippen LogP contribution >= 0.6 is 11.6 Å². The molecule has 7 heteroatoms. The van der Waals surface area contributed by atoms with Crippen LogP contribution in [0.4, 0.5) is 5.69 Å². The van der Waals surface area contributed by atoms with E-state index in [0.717, 1.165) is 31.2 Å². The van der Waals surface area contributed by atoms with Gasteiger partial charge in [-0.25, -0.2) is 13.1 Å². The van der Waals surface area contributed by atoms with Gasteiger partial charge < -0.3 is 5.32 Å². The molecular weight excluding hydrogens is 396 g/mol. The van der Waals surface area contributed by atoms with Crippen LogP contribution in [0, 0.1) is 0 Å². The number of sulfonamides is 1. The van der Waals surface area contributed by atoms with Crippen molar-refractivity contribution in [1.29, 1.82) is 0 Å². The Kier molecular flexibility index (Phi) is 8.70. The molecule has 0 atom stereocenters. The highest BCUT2D eigenvalue weighted by molar-refractivity contribution is 7.89. The highest BCUT2D eigenvalue weighted by atomic mass is 35.5. The van der Waals surface area contributed by atoms with Gasteiger partial charge in [-0.3, -0.25) is 4.79 Å². The van der Waals surface area contributed by atoms with Gasteiger partial charge in [-0.1, -0.05) is 49.9 Å². The number of carbonyl (C=O) groups is 1. The van der Waals surface area contributed by atoms with Gasteiger partial charge in [0, 0.05) is 23.3 Å². The molecule has 5 nitrogen and oxygen atoms in total. The summed E-state index contributed by atoms with van der Waals surface area (Å²) < 4.78 is 27.1. The van der Waals surface area contributed by atoms with E-state index in [1.54, 1.807) is 42.5 Å². The Balaban J connectivity index is 1.89. The standard InChI is InChI=1S/C21H25ClN2O3S/c1-2-3-4-5-16-23-28(26,27)20-13-11-19(12-14-20)24-21(25)15-8-17-6-9-18(22)10-7-17/h6-15,23H,2-5,16H2,1H3,(H,24,25). The first-order valence-electron chi connectivity index (χ1n) is 9.25. The van der Waals surface area contributed by atoms with Crippen LogP contribution < -0.4 is 10.0 Å². The van der Waals surface area contributed by atoms with E-state index >= 15 is 0 Å². The fraction of sp³-hybridized carbons (Fsp3) is 0.286. The molecule has 2 rings (SSSR count). The summed E-state index contributed by atoms with van der Waals surface area (Å²) in [6.45, 7) is 2.54. The average molecular weight is 421 g/mol.